The second-order valence-electron chi connectivity index (χ2n) is 6.61. The van der Waals surface area contributed by atoms with Gasteiger partial charge < -0.3 is 14.8 Å². The third kappa shape index (κ3) is 5.43. The predicted molar refractivity (Wildman–Crippen MR) is 114 cm³/mol. The fraction of sp³-hybridized carbons (Fsp3) is 0.238. The van der Waals surface area contributed by atoms with E-state index in [1.807, 2.05) is 30.3 Å². The van der Waals surface area contributed by atoms with Gasteiger partial charge in [0.25, 0.3) is 0 Å². The van der Waals surface area contributed by atoms with E-state index in [1.54, 1.807) is 24.3 Å². The lowest BCUT2D eigenvalue weighted by Crippen LogP contribution is -2.41. The number of halogens is 1. The Morgan fingerprint density at radius 2 is 1.87 bits per heavy atom. The number of nitrogens with one attached hydrogen (secondary N) is 2. The normalized spacial score (nSPS) is 15.6. The lowest BCUT2D eigenvalue weighted by atomic mass is 10.1. The van der Waals surface area contributed by atoms with Gasteiger partial charge in [-0.25, -0.2) is 10.6 Å². The fourth-order valence-electron chi connectivity index (χ4n) is 2.99. The molecule has 0 saturated heterocycles. The van der Waals surface area contributed by atoms with Crippen LogP contribution in [-0.4, -0.2) is 30.3 Å². The second-order valence-corrected chi connectivity index (χ2v) is 6.99. The topological polar surface area (TPSA) is 106 Å². The highest BCUT2D eigenvalue weighted by Crippen LogP contribution is 2.31. The maximum Gasteiger partial charge on any atom is 0.411 e. The van der Waals surface area contributed by atoms with Crippen molar-refractivity contribution in [3.63, 3.8) is 0 Å². The van der Waals surface area contributed by atoms with Gasteiger partial charge in [-0.3, -0.25) is 15.1 Å². The van der Waals surface area contributed by atoms with Crippen LogP contribution in [0.1, 0.15) is 24.0 Å². The van der Waals surface area contributed by atoms with Gasteiger partial charge in [0.05, 0.1) is 12.8 Å². The summed E-state index contributed by atoms with van der Waals surface area (Å²) in [6.07, 6.45) is -0.282. The first-order valence-electron chi connectivity index (χ1n) is 9.33. The Morgan fingerprint density at radius 1 is 1.17 bits per heavy atom. The Hall–Kier alpha value is -3.23. The van der Waals surface area contributed by atoms with Gasteiger partial charge in [0, 0.05) is 17.7 Å². The molecule has 8 nitrogen and oxygen atoms in total. The van der Waals surface area contributed by atoms with Crippen molar-refractivity contribution >= 4 is 35.0 Å². The smallest absolute Gasteiger partial charge is 0.411 e. The minimum atomic E-state index is -0.554. The van der Waals surface area contributed by atoms with Crippen LogP contribution in [0.5, 0.6) is 0 Å². The zero-order valence-corrected chi connectivity index (χ0v) is 17.2. The predicted octanol–water partition coefficient (Wildman–Crippen LogP) is 3.36. The largest absolute Gasteiger partial charge is 0.461 e. The molecule has 1 aliphatic heterocycles. The Kier molecular flexibility index (Phi) is 7.16. The Bertz CT molecular complexity index is 918. The van der Waals surface area contributed by atoms with Gasteiger partial charge in [-0.05, 0) is 24.1 Å². The molecule has 4 N–H and O–H groups in total. The molecule has 9 heteroatoms. The van der Waals surface area contributed by atoms with E-state index in [2.05, 4.69) is 15.4 Å². The van der Waals surface area contributed by atoms with Crippen molar-refractivity contribution in [3.05, 3.63) is 70.9 Å². The standard InChI is InChI=1S/C21H23ClN4O4/c1-29-21(28)24-16-9-7-15(8-10-16)19-20(22)25-17(26(19)23)11-12-18(27)30-13-14-5-3-2-4-6-14/h2-10,17,25H,11-13,23H2,1H3,(H,24,28). The van der Waals surface area contributed by atoms with Gasteiger partial charge in [0.15, 0.2) is 0 Å². The van der Waals surface area contributed by atoms with Crippen LogP contribution in [0.4, 0.5) is 10.5 Å². The number of ether oxygens (including phenoxy) is 2. The summed E-state index contributed by atoms with van der Waals surface area (Å²) in [6.45, 7) is 0.236. The molecule has 0 saturated carbocycles. The summed E-state index contributed by atoms with van der Waals surface area (Å²) in [7, 11) is 1.29. The molecule has 0 fully saturated rings. The molecule has 1 atom stereocenters. The molecule has 0 aromatic heterocycles. The van der Waals surface area contributed by atoms with E-state index in [-0.39, 0.29) is 25.2 Å². The van der Waals surface area contributed by atoms with E-state index in [1.165, 1.54) is 12.1 Å². The molecule has 0 radical (unpaired) electrons. The van der Waals surface area contributed by atoms with Crippen molar-refractivity contribution in [2.45, 2.75) is 25.6 Å². The highest BCUT2D eigenvalue weighted by atomic mass is 35.5. The van der Waals surface area contributed by atoms with Crippen LogP contribution >= 0.6 is 11.6 Å². The van der Waals surface area contributed by atoms with Crippen molar-refractivity contribution in [2.75, 3.05) is 12.4 Å². The Balaban J connectivity index is 1.53. The van der Waals surface area contributed by atoms with Gasteiger partial charge >= 0.3 is 12.1 Å². The van der Waals surface area contributed by atoms with Crippen LogP contribution in [0, 0.1) is 0 Å². The third-order valence-electron chi connectivity index (χ3n) is 4.55. The van der Waals surface area contributed by atoms with Crippen LogP contribution in [0.3, 0.4) is 0 Å². The molecule has 0 aliphatic carbocycles. The minimum Gasteiger partial charge on any atom is -0.461 e. The number of hydrazine groups is 1. The summed E-state index contributed by atoms with van der Waals surface area (Å²) in [4.78, 5) is 23.3. The van der Waals surface area contributed by atoms with Crippen molar-refractivity contribution in [2.24, 2.45) is 5.84 Å². The molecule has 1 unspecified atom stereocenters. The molecule has 1 amide bonds. The van der Waals surface area contributed by atoms with E-state index >= 15 is 0 Å². The lowest BCUT2D eigenvalue weighted by Gasteiger charge is -2.23. The van der Waals surface area contributed by atoms with Crippen molar-refractivity contribution in [1.82, 2.24) is 10.3 Å². The van der Waals surface area contributed by atoms with Gasteiger partial charge in [0.1, 0.15) is 17.9 Å². The number of hydrogen-bond donors (Lipinski definition) is 3. The summed E-state index contributed by atoms with van der Waals surface area (Å²) in [5.41, 5.74) is 2.88. The number of benzene rings is 2. The fourth-order valence-corrected chi connectivity index (χ4v) is 3.32. The number of carbonyl (C=O) groups excluding carboxylic acids is 2. The Morgan fingerprint density at radius 3 is 2.53 bits per heavy atom. The average Bonchev–Trinajstić information content (AvgIpc) is 3.05. The molecule has 2 aromatic rings. The molecule has 3 rings (SSSR count). The van der Waals surface area contributed by atoms with Crippen molar-refractivity contribution < 1.29 is 19.1 Å². The number of nitrogens with zero attached hydrogens (tertiary/aromatic N) is 1. The number of hydrogen-bond acceptors (Lipinski definition) is 7. The molecule has 30 heavy (non-hydrogen) atoms. The summed E-state index contributed by atoms with van der Waals surface area (Å²) in [5, 5.41) is 7.54. The first-order chi connectivity index (χ1) is 14.5. The summed E-state index contributed by atoms with van der Waals surface area (Å²) < 4.78 is 9.86. The monoisotopic (exact) mass is 430 g/mol. The molecule has 0 bridgehead atoms. The zero-order chi connectivity index (χ0) is 21.5. The van der Waals surface area contributed by atoms with Crippen LogP contribution in [0.25, 0.3) is 5.70 Å². The quantitative estimate of drug-likeness (QED) is 0.351. The molecular formula is C21H23ClN4O4. The molecule has 1 aliphatic rings. The summed E-state index contributed by atoms with van der Waals surface area (Å²) in [6, 6.07) is 16.5. The molecule has 158 valence electrons. The number of methoxy groups -OCH3 is 1. The summed E-state index contributed by atoms with van der Waals surface area (Å²) >= 11 is 6.35. The third-order valence-corrected chi connectivity index (χ3v) is 4.84. The minimum absolute atomic E-state index is 0.192. The number of esters is 1. The van der Waals surface area contributed by atoms with Gasteiger partial charge in [0.2, 0.25) is 0 Å². The number of rotatable bonds is 7. The van der Waals surface area contributed by atoms with E-state index in [4.69, 9.17) is 22.2 Å². The molecular weight excluding hydrogens is 408 g/mol. The highest BCUT2D eigenvalue weighted by molar-refractivity contribution is 6.32. The molecule has 2 aromatic carbocycles. The highest BCUT2D eigenvalue weighted by Gasteiger charge is 2.29. The number of anilines is 1. The van der Waals surface area contributed by atoms with E-state index in [9.17, 15) is 9.59 Å². The maximum absolute atomic E-state index is 12.1. The van der Waals surface area contributed by atoms with Gasteiger partial charge in [-0.15, -0.1) is 0 Å². The van der Waals surface area contributed by atoms with E-state index in [0.29, 0.717) is 23.0 Å². The summed E-state index contributed by atoms with van der Waals surface area (Å²) in [5.74, 6) is 5.92. The number of nitrogens with two attached hydrogens (primary N) is 1. The van der Waals surface area contributed by atoms with Gasteiger partial charge in [-0.2, -0.15) is 0 Å². The van der Waals surface area contributed by atoms with Crippen LogP contribution in [-0.2, 0) is 20.9 Å². The SMILES string of the molecule is COC(=O)Nc1ccc(C2=C(Cl)NC(CCC(=O)OCc3ccccc3)N2N)cc1. The Labute approximate surface area is 179 Å². The molecule has 1 heterocycles. The molecule has 0 spiro atoms. The van der Waals surface area contributed by atoms with Crippen LogP contribution in [0.2, 0.25) is 0 Å². The van der Waals surface area contributed by atoms with Gasteiger partial charge in [-0.1, -0.05) is 54.1 Å². The van der Waals surface area contributed by atoms with Crippen molar-refractivity contribution in [1.29, 1.82) is 0 Å². The maximum atomic E-state index is 12.1. The van der Waals surface area contributed by atoms with E-state index in [0.717, 1.165) is 11.1 Å². The zero-order valence-electron chi connectivity index (χ0n) is 16.4. The first kappa shape index (κ1) is 21.5. The first-order valence-corrected chi connectivity index (χ1v) is 9.71. The van der Waals surface area contributed by atoms with E-state index < -0.39 is 6.09 Å². The lowest BCUT2D eigenvalue weighted by molar-refractivity contribution is -0.145. The average molecular weight is 431 g/mol. The van der Waals surface area contributed by atoms with Crippen molar-refractivity contribution in [3.8, 4) is 0 Å². The van der Waals surface area contributed by atoms with Crippen LogP contribution < -0.4 is 16.5 Å². The number of carbonyl (C=O) groups is 2. The number of amides is 1. The van der Waals surface area contributed by atoms with Crippen LogP contribution in [0.15, 0.2) is 59.8 Å². The second kappa shape index (κ2) is 10.00.